The minimum Gasteiger partial charge on any atom is -0.507 e. The fourth-order valence-electron chi connectivity index (χ4n) is 3.61. The molecular weight excluding hydrogens is 354 g/mol. The van der Waals surface area contributed by atoms with Gasteiger partial charge in [0, 0.05) is 17.7 Å². The lowest BCUT2D eigenvalue weighted by Crippen LogP contribution is -2.30. The molecule has 28 heavy (non-hydrogen) atoms. The first-order chi connectivity index (χ1) is 13.6. The molecule has 5 nitrogen and oxygen atoms in total. The number of ketones is 1. The van der Waals surface area contributed by atoms with E-state index in [4.69, 9.17) is 4.74 Å². The van der Waals surface area contributed by atoms with Gasteiger partial charge in [-0.3, -0.25) is 9.59 Å². The van der Waals surface area contributed by atoms with Gasteiger partial charge < -0.3 is 14.7 Å². The van der Waals surface area contributed by atoms with Crippen molar-refractivity contribution < 1.29 is 19.4 Å². The van der Waals surface area contributed by atoms with E-state index in [1.165, 1.54) is 0 Å². The minimum atomic E-state index is -0.673. The Bertz CT molecular complexity index is 888. The number of amides is 1. The zero-order valence-electron chi connectivity index (χ0n) is 16.2. The molecule has 1 saturated heterocycles. The zero-order valence-corrected chi connectivity index (χ0v) is 16.2. The van der Waals surface area contributed by atoms with Crippen molar-refractivity contribution in [1.82, 2.24) is 4.90 Å². The van der Waals surface area contributed by atoms with E-state index in [2.05, 4.69) is 6.92 Å². The summed E-state index contributed by atoms with van der Waals surface area (Å²) in [5, 5.41) is 10.9. The predicted molar refractivity (Wildman–Crippen MR) is 108 cm³/mol. The van der Waals surface area contributed by atoms with Crippen molar-refractivity contribution in [3.63, 3.8) is 0 Å². The lowest BCUT2D eigenvalue weighted by atomic mass is 9.94. The van der Waals surface area contributed by atoms with Gasteiger partial charge in [-0.15, -0.1) is 0 Å². The third kappa shape index (κ3) is 3.65. The van der Waals surface area contributed by atoms with Crippen LogP contribution in [-0.2, 0) is 9.59 Å². The highest BCUT2D eigenvalue weighted by atomic mass is 16.5. The topological polar surface area (TPSA) is 66.8 Å². The Morgan fingerprint density at radius 1 is 1.04 bits per heavy atom. The fourth-order valence-corrected chi connectivity index (χ4v) is 3.61. The van der Waals surface area contributed by atoms with Crippen molar-refractivity contribution in [3.05, 3.63) is 71.3 Å². The zero-order chi connectivity index (χ0) is 20.1. The summed E-state index contributed by atoms with van der Waals surface area (Å²) < 4.78 is 5.48. The van der Waals surface area contributed by atoms with Gasteiger partial charge in [-0.1, -0.05) is 68.3 Å². The first kappa shape index (κ1) is 19.7. The van der Waals surface area contributed by atoms with Gasteiger partial charge in [0.05, 0.1) is 18.7 Å². The molecule has 1 heterocycles. The predicted octanol–water partition coefficient (Wildman–Crippen LogP) is 4.31. The molecule has 3 rings (SSSR count). The average Bonchev–Trinajstić information content (AvgIpc) is 2.98. The van der Waals surface area contributed by atoms with Crippen LogP contribution in [0.25, 0.3) is 5.76 Å². The number of unbranched alkanes of at least 4 members (excludes halogenated alkanes) is 2. The smallest absolute Gasteiger partial charge is 0.295 e. The molecule has 0 saturated carbocycles. The van der Waals surface area contributed by atoms with Crippen molar-refractivity contribution >= 4 is 17.4 Å². The van der Waals surface area contributed by atoms with Crippen LogP contribution in [0.2, 0.25) is 0 Å². The standard InChI is InChI=1S/C23H25NO4/c1-3-4-10-15-24-20(17-13-8-9-14-18(17)28-2)19(22(26)23(24)27)21(25)16-11-6-5-7-12-16/h5-9,11-14,20,25H,3-4,10,15H2,1-2H3/b21-19-. The van der Waals surface area contributed by atoms with E-state index in [1.54, 1.807) is 42.3 Å². The summed E-state index contributed by atoms with van der Waals surface area (Å²) >= 11 is 0. The number of aliphatic hydroxyl groups is 1. The number of hydrogen-bond acceptors (Lipinski definition) is 4. The molecule has 1 fully saturated rings. The highest BCUT2D eigenvalue weighted by Gasteiger charge is 2.46. The first-order valence-corrected chi connectivity index (χ1v) is 9.56. The van der Waals surface area contributed by atoms with E-state index in [-0.39, 0.29) is 11.3 Å². The van der Waals surface area contributed by atoms with Gasteiger partial charge in [-0.2, -0.15) is 0 Å². The highest BCUT2D eigenvalue weighted by Crippen LogP contribution is 2.42. The van der Waals surface area contributed by atoms with Gasteiger partial charge in [-0.05, 0) is 12.5 Å². The number of likely N-dealkylation sites (tertiary alicyclic amines) is 1. The monoisotopic (exact) mass is 379 g/mol. The second kappa shape index (κ2) is 8.74. The molecule has 1 aliphatic heterocycles. The van der Waals surface area contributed by atoms with E-state index in [9.17, 15) is 14.7 Å². The average molecular weight is 379 g/mol. The number of hydrogen-bond donors (Lipinski definition) is 1. The third-order valence-corrected chi connectivity index (χ3v) is 5.02. The largest absolute Gasteiger partial charge is 0.507 e. The number of ether oxygens (including phenoxy) is 1. The summed E-state index contributed by atoms with van der Waals surface area (Å²) in [5.41, 5.74) is 1.31. The quantitative estimate of drug-likeness (QED) is 0.337. The molecule has 0 aliphatic carbocycles. The van der Waals surface area contributed by atoms with Crippen LogP contribution in [0.15, 0.2) is 60.2 Å². The molecular formula is C23H25NO4. The first-order valence-electron chi connectivity index (χ1n) is 9.56. The molecule has 1 N–H and O–H groups in total. The lowest BCUT2D eigenvalue weighted by molar-refractivity contribution is -0.139. The number of aliphatic hydroxyl groups excluding tert-OH is 1. The van der Waals surface area contributed by atoms with Crippen LogP contribution in [-0.4, -0.2) is 35.4 Å². The van der Waals surface area contributed by atoms with E-state index >= 15 is 0 Å². The van der Waals surface area contributed by atoms with Gasteiger partial charge in [0.25, 0.3) is 11.7 Å². The molecule has 0 spiro atoms. The summed E-state index contributed by atoms with van der Waals surface area (Å²) in [7, 11) is 1.55. The number of nitrogens with zero attached hydrogens (tertiary/aromatic N) is 1. The van der Waals surface area contributed by atoms with E-state index in [0.717, 1.165) is 19.3 Å². The Balaban J connectivity index is 2.16. The Morgan fingerprint density at radius 2 is 1.71 bits per heavy atom. The van der Waals surface area contributed by atoms with Crippen molar-refractivity contribution in [2.75, 3.05) is 13.7 Å². The summed E-state index contributed by atoms with van der Waals surface area (Å²) in [6, 6.07) is 15.5. The van der Waals surface area contributed by atoms with Gasteiger partial charge >= 0.3 is 0 Å². The number of carbonyl (C=O) groups is 2. The van der Waals surface area contributed by atoms with E-state index in [0.29, 0.717) is 23.4 Å². The number of methoxy groups -OCH3 is 1. The molecule has 1 unspecified atom stereocenters. The Morgan fingerprint density at radius 3 is 2.39 bits per heavy atom. The number of carbonyl (C=O) groups excluding carboxylic acids is 2. The molecule has 1 atom stereocenters. The molecule has 1 amide bonds. The molecule has 5 heteroatoms. The van der Waals surface area contributed by atoms with Crippen molar-refractivity contribution in [3.8, 4) is 5.75 Å². The van der Waals surface area contributed by atoms with Gasteiger partial charge in [0.2, 0.25) is 0 Å². The van der Waals surface area contributed by atoms with Gasteiger partial charge in [-0.25, -0.2) is 0 Å². The molecule has 0 bridgehead atoms. The molecule has 0 aromatic heterocycles. The lowest BCUT2D eigenvalue weighted by Gasteiger charge is -2.26. The SMILES string of the molecule is CCCCCN1C(=O)C(=O)/C(=C(\O)c2ccccc2)C1c1ccccc1OC. The maximum Gasteiger partial charge on any atom is 0.295 e. The maximum absolute atomic E-state index is 12.9. The van der Waals surface area contributed by atoms with Crippen molar-refractivity contribution in [2.24, 2.45) is 0 Å². The van der Waals surface area contributed by atoms with Gasteiger partial charge in [0.15, 0.2) is 0 Å². The normalized spacial score (nSPS) is 18.5. The Hall–Kier alpha value is -3.08. The van der Waals surface area contributed by atoms with Crippen molar-refractivity contribution in [2.45, 2.75) is 32.2 Å². The molecule has 1 aliphatic rings. The molecule has 2 aromatic rings. The minimum absolute atomic E-state index is 0.109. The number of rotatable bonds is 7. The molecule has 0 radical (unpaired) electrons. The Kier molecular flexibility index (Phi) is 6.14. The number of Topliss-reactive ketones (excluding diaryl/α,β-unsaturated/α-hetero) is 1. The third-order valence-electron chi connectivity index (χ3n) is 5.02. The maximum atomic E-state index is 12.9. The second-order valence-corrected chi connectivity index (χ2v) is 6.81. The van der Waals surface area contributed by atoms with Crippen LogP contribution < -0.4 is 4.74 Å². The van der Waals surface area contributed by atoms with Gasteiger partial charge in [0.1, 0.15) is 11.5 Å². The molecule has 2 aromatic carbocycles. The van der Waals surface area contributed by atoms with Crippen LogP contribution in [0.3, 0.4) is 0 Å². The number of benzene rings is 2. The van der Waals surface area contributed by atoms with Crippen LogP contribution in [0, 0.1) is 0 Å². The summed E-state index contributed by atoms with van der Waals surface area (Å²) in [6.45, 7) is 2.54. The van der Waals surface area contributed by atoms with E-state index < -0.39 is 17.7 Å². The molecule has 146 valence electrons. The van der Waals surface area contributed by atoms with Crippen LogP contribution >= 0.6 is 0 Å². The van der Waals surface area contributed by atoms with Crippen LogP contribution in [0.4, 0.5) is 0 Å². The summed E-state index contributed by atoms with van der Waals surface area (Å²) in [6.07, 6.45) is 2.76. The number of para-hydroxylation sites is 1. The van der Waals surface area contributed by atoms with Crippen LogP contribution in [0.1, 0.15) is 43.4 Å². The second-order valence-electron chi connectivity index (χ2n) is 6.81. The van der Waals surface area contributed by atoms with E-state index in [1.807, 2.05) is 24.3 Å². The summed E-state index contributed by atoms with van der Waals surface area (Å²) in [5.74, 6) is -0.819. The fraction of sp³-hybridized carbons (Fsp3) is 0.304. The summed E-state index contributed by atoms with van der Waals surface area (Å²) in [4.78, 5) is 27.3. The Labute approximate surface area is 165 Å². The van der Waals surface area contributed by atoms with Crippen molar-refractivity contribution in [1.29, 1.82) is 0 Å². The highest BCUT2D eigenvalue weighted by molar-refractivity contribution is 6.46. The van der Waals surface area contributed by atoms with Crippen LogP contribution in [0.5, 0.6) is 5.75 Å².